The van der Waals surface area contributed by atoms with E-state index in [1.54, 1.807) is 0 Å². The van der Waals surface area contributed by atoms with Gasteiger partial charge in [0.1, 0.15) is 0 Å². The molecule has 1 aliphatic carbocycles. The van der Waals surface area contributed by atoms with Crippen molar-refractivity contribution in [1.82, 2.24) is 5.32 Å². The van der Waals surface area contributed by atoms with Crippen LogP contribution < -0.4 is 10.6 Å². The van der Waals surface area contributed by atoms with Gasteiger partial charge in [-0.3, -0.25) is 9.59 Å². The zero-order chi connectivity index (χ0) is 20.9. The summed E-state index contributed by atoms with van der Waals surface area (Å²) in [4.78, 5) is 25.5. The van der Waals surface area contributed by atoms with E-state index in [-0.39, 0.29) is 11.8 Å². The maximum Gasteiger partial charge on any atom is 0.232 e. The summed E-state index contributed by atoms with van der Waals surface area (Å²) in [5.74, 6) is 2.53. The average molecular weight is 395 g/mol. The van der Waals surface area contributed by atoms with Crippen LogP contribution in [0.25, 0.3) is 0 Å². The Hall–Kier alpha value is -2.68. The number of amides is 2. The van der Waals surface area contributed by atoms with E-state index in [1.165, 1.54) is 5.56 Å². The zero-order valence-electron chi connectivity index (χ0n) is 17.4. The van der Waals surface area contributed by atoms with Crippen LogP contribution in [0.15, 0.2) is 28.4 Å². The van der Waals surface area contributed by atoms with Crippen LogP contribution in [0.4, 0.5) is 5.69 Å². The third-order valence-electron chi connectivity index (χ3n) is 6.24. The number of aryl methyl sites for hydroxylation is 2. The Labute approximate surface area is 172 Å². The van der Waals surface area contributed by atoms with Gasteiger partial charge in [0, 0.05) is 37.9 Å². The Balaban J connectivity index is 1.53. The highest BCUT2D eigenvalue weighted by Gasteiger charge is 2.42. The molecule has 3 rings (SSSR count). The van der Waals surface area contributed by atoms with Gasteiger partial charge in [0.05, 0.1) is 5.41 Å². The summed E-state index contributed by atoms with van der Waals surface area (Å²) in [6.45, 7) is 4.45. The van der Waals surface area contributed by atoms with E-state index in [2.05, 4.69) is 26.8 Å². The summed E-state index contributed by atoms with van der Waals surface area (Å²) in [6, 6.07) is 5.94. The molecule has 0 bridgehead atoms. The Morgan fingerprint density at radius 1 is 1.14 bits per heavy atom. The predicted octanol–water partition coefficient (Wildman–Crippen LogP) is 4.27. The van der Waals surface area contributed by atoms with Crippen molar-refractivity contribution in [1.29, 1.82) is 0 Å². The number of hydrogen-bond donors (Lipinski definition) is 2. The summed E-state index contributed by atoms with van der Waals surface area (Å²) in [5.41, 5.74) is 2.16. The molecular weight excluding hydrogens is 364 g/mol. The van der Waals surface area contributed by atoms with Crippen LogP contribution in [0.5, 0.6) is 0 Å². The van der Waals surface area contributed by atoms with Gasteiger partial charge in [-0.2, -0.15) is 10.2 Å². The fourth-order valence-corrected chi connectivity index (χ4v) is 3.96. The number of anilines is 1. The van der Waals surface area contributed by atoms with Crippen LogP contribution >= 0.6 is 0 Å². The Bertz CT molecular complexity index is 841. The van der Waals surface area contributed by atoms with Gasteiger partial charge in [-0.15, -0.1) is 12.3 Å². The number of nitrogens with zero attached hydrogens (tertiary/aromatic N) is 2. The molecule has 2 N–H and O–H groups in total. The molecule has 29 heavy (non-hydrogen) atoms. The Morgan fingerprint density at radius 2 is 1.86 bits per heavy atom. The summed E-state index contributed by atoms with van der Waals surface area (Å²) >= 11 is 0. The second-order valence-electron chi connectivity index (χ2n) is 8.40. The molecule has 1 aliphatic heterocycles. The molecule has 154 valence electrons. The van der Waals surface area contributed by atoms with Gasteiger partial charge in [0.2, 0.25) is 11.8 Å². The van der Waals surface area contributed by atoms with E-state index in [4.69, 9.17) is 6.42 Å². The molecule has 1 fully saturated rings. The molecule has 2 aliphatic rings. The SMILES string of the molecule is C#CCCC1(CCC(=O)NCC2(C(=O)Nc3ccc(C)c(C)c3)CCCC2)N=N1. The van der Waals surface area contributed by atoms with Crippen LogP contribution in [0.3, 0.4) is 0 Å². The molecule has 1 heterocycles. The number of nitrogens with one attached hydrogen (secondary N) is 2. The third-order valence-corrected chi connectivity index (χ3v) is 6.24. The predicted molar refractivity (Wildman–Crippen MR) is 113 cm³/mol. The minimum atomic E-state index is -0.538. The molecule has 0 aromatic heterocycles. The molecule has 0 atom stereocenters. The van der Waals surface area contributed by atoms with Crippen LogP contribution in [0, 0.1) is 31.6 Å². The molecule has 2 amide bonds. The van der Waals surface area contributed by atoms with E-state index in [0.717, 1.165) is 36.9 Å². The van der Waals surface area contributed by atoms with Gasteiger partial charge in [-0.05, 0) is 49.9 Å². The highest BCUT2D eigenvalue weighted by Crippen LogP contribution is 2.39. The lowest BCUT2D eigenvalue weighted by Gasteiger charge is -2.28. The minimum Gasteiger partial charge on any atom is -0.355 e. The molecule has 1 saturated carbocycles. The lowest BCUT2D eigenvalue weighted by Crippen LogP contribution is -2.44. The zero-order valence-corrected chi connectivity index (χ0v) is 17.4. The van der Waals surface area contributed by atoms with Crippen LogP contribution in [-0.2, 0) is 9.59 Å². The molecule has 6 heteroatoms. The van der Waals surface area contributed by atoms with Crippen molar-refractivity contribution in [3.8, 4) is 12.3 Å². The molecule has 6 nitrogen and oxygen atoms in total. The quantitative estimate of drug-likeness (QED) is 0.613. The smallest absolute Gasteiger partial charge is 0.232 e. The molecule has 0 radical (unpaired) electrons. The summed E-state index contributed by atoms with van der Waals surface area (Å²) < 4.78 is 0. The van der Waals surface area contributed by atoms with Crippen molar-refractivity contribution in [2.75, 3.05) is 11.9 Å². The fourth-order valence-electron chi connectivity index (χ4n) is 3.96. The third kappa shape index (κ3) is 5.23. The standard InChI is InChI=1S/C23H30N4O2/c1-4-5-13-23(26-27-23)14-10-20(28)24-16-22(11-6-7-12-22)21(29)25-19-9-8-17(2)18(3)15-19/h1,8-9,15H,5-7,10-14,16H2,2-3H3,(H,24,28)(H,25,29). The summed E-state index contributed by atoms with van der Waals surface area (Å²) in [5, 5.41) is 14.2. The highest BCUT2D eigenvalue weighted by molar-refractivity contribution is 5.96. The van der Waals surface area contributed by atoms with Crippen LogP contribution in [0.1, 0.15) is 62.5 Å². The Morgan fingerprint density at radius 3 is 2.48 bits per heavy atom. The number of terminal acetylenes is 1. The number of hydrogen-bond acceptors (Lipinski definition) is 4. The van der Waals surface area contributed by atoms with Crippen molar-refractivity contribution >= 4 is 17.5 Å². The van der Waals surface area contributed by atoms with E-state index in [1.807, 2.05) is 32.0 Å². The van der Waals surface area contributed by atoms with Gasteiger partial charge in [-0.1, -0.05) is 18.9 Å². The number of benzene rings is 1. The van der Waals surface area contributed by atoms with Gasteiger partial charge in [0.25, 0.3) is 0 Å². The van der Waals surface area contributed by atoms with E-state index in [9.17, 15) is 9.59 Å². The summed E-state index contributed by atoms with van der Waals surface area (Å²) in [7, 11) is 0. The van der Waals surface area contributed by atoms with Gasteiger partial charge in [0.15, 0.2) is 5.66 Å². The monoisotopic (exact) mass is 394 g/mol. The van der Waals surface area contributed by atoms with Crippen molar-refractivity contribution in [3.63, 3.8) is 0 Å². The largest absolute Gasteiger partial charge is 0.355 e. The maximum absolute atomic E-state index is 13.1. The number of carbonyl (C=O) groups is 2. The second kappa shape index (κ2) is 8.77. The van der Waals surface area contributed by atoms with Crippen molar-refractivity contribution < 1.29 is 9.59 Å². The minimum absolute atomic E-state index is 0.00348. The van der Waals surface area contributed by atoms with Gasteiger partial charge < -0.3 is 10.6 Å². The molecular formula is C23H30N4O2. The molecule has 1 aromatic rings. The van der Waals surface area contributed by atoms with Crippen LogP contribution in [-0.4, -0.2) is 24.0 Å². The first-order chi connectivity index (χ1) is 13.9. The first-order valence-corrected chi connectivity index (χ1v) is 10.4. The van der Waals surface area contributed by atoms with E-state index < -0.39 is 11.1 Å². The normalized spacial score (nSPS) is 18.1. The van der Waals surface area contributed by atoms with Gasteiger partial charge in [-0.25, -0.2) is 0 Å². The van der Waals surface area contributed by atoms with E-state index >= 15 is 0 Å². The average Bonchev–Trinajstić information content (AvgIpc) is 3.31. The van der Waals surface area contributed by atoms with Crippen molar-refractivity contribution in [3.05, 3.63) is 29.3 Å². The summed E-state index contributed by atoms with van der Waals surface area (Å²) in [6.07, 6.45) is 11.1. The molecule has 1 aromatic carbocycles. The lowest BCUT2D eigenvalue weighted by molar-refractivity contribution is -0.126. The molecule has 0 unspecified atom stereocenters. The second-order valence-corrected chi connectivity index (χ2v) is 8.40. The van der Waals surface area contributed by atoms with Crippen molar-refractivity contribution in [2.24, 2.45) is 15.6 Å². The van der Waals surface area contributed by atoms with E-state index in [0.29, 0.717) is 32.2 Å². The Kier molecular flexibility index (Phi) is 6.36. The fraction of sp³-hybridized carbons (Fsp3) is 0.565. The number of carbonyl (C=O) groups excluding carboxylic acids is 2. The van der Waals surface area contributed by atoms with Crippen LogP contribution in [0.2, 0.25) is 0 Å². The van der Waals surface area contributed by atoms with Gasteiger partial charge >= 0.3 is 0 Å². The lowest BCUT2D eigenvalue weighted by atomic mass is 9.84. The molecule has 0 spiro atoms. The topological polar surface area (TPSA) is 82.9 Å². The van der Waals surface area contributed by atoms with Crippen molar-refractivity contribution in [2.45, 2.75) is 70.9 Å². The number of rotatable bonds is 9. The highest BCUT2D eigenvalue weighted by atomic mass is 16.2. The first-order valence-electron chi connectivity index (χ1n) is 10.4. The first kappa shape index (κ1) is 21.0. The molecule has 0 saturated heterocycles. The maximum atomic E-state index is 13.1.